The van der Waals surface area contributed by atoms with E-state index < -0.39 is 10.0 Å². The molecule has 0 atom stereocenters. The Labute approximate surface area is 123 Å². The molecule has 0 spiro atoms. The molecule has 0 saturated carbocycles. The molecule has 0 aliphatic rings. The van der Waals surface area contributed by atoms with E-state index in [1.807, 2.05) is 31.2 Å². The Hall–Kier alpha value is -1.21. The monoisotopic (exact) mass is 311 g/mol. The Morgan fingerprint density at radius 3 is 2.60 bits per heavy atom. The minimum Gasteiger partial charge on any atom is -0.392 e. The molecular weight excluding hydrogens is 294 g/mol. The smallest absolute Gasteiger partial charge is 0.252 e. The van der Waals surface area contributed by atoms with E-state index in [2.05, 4.69) is 0 Å². The maximum atomic E-state index is 12.4. The number of hydrogen-bond donors (Lipinski definition) is 1. The number of aliphatic hydroxyl groups is 1. The number of aliphatic hydroxyl groups excluding tert-OH is 1. The van der Waals surface area contributed by atoms with Gasteiger partial charge in [-0.15, -0.1) is 11.3 Å². The molecule has 6 heteroatoms. The van der Waals surface area contributed by atoms with Gasteiger partial charge in [0.25, 0.3) is 10.0 Å². The first-order valence-electron chi connectivity index (χ1n) is 6.13. The Morgan fingerprint density at radius 2 is 2.00 bits per heavy atom. The van der Waals surface area contributed by atoms with Gasteiger partial charge in [0, 0.05) is 13.6 Å². The molecule has 0 unspecified atom stereocenters. The highest BCUT2D eigenvalue weighted by Crippen LogP contribution is 2.24. The Bertz CT molecular complexity index is 692. The van der Waals surface area contributed by atoms with Crippen LogP contribution in [-0.2, 0) is 23.2 Å². The van der Waals surface area contributed by atoms with Crippen LogP contribution in [0.2, 0.25) is 0 Å². The van der Waals surface area contributed by atoms with Crippen LogP contribution in [0.15, 0.2) is 39.9 Å². The van der Waals surface area contributed by atoms with Crippen molar-refractivity contribution in [3.63, 3.8) is 0 Å². The van der Waals surface area contributed by atoms with Crippen molar-refractivity contribution in [2.45, 2.75) is 24.3 Å². The van der Waals surface area contributed by atoms with E-state index in [-0.39, 0.29) is 10.8 Å². The number of sulfonamides is 1. The van der Waals surface area contributed by atoms with Crippen molar-refractivity contribution in [1.29, 1.82) is 0 Å². The first-order chi connectivity index (χ1) is 9.43. The lowest BCUT2D eigenvalue weighted by Gasteiger charge is -2.16. The Morgan fingerprint density at radius 1 is 1.25 bits per heavy atom. The topological polar surface area (TPSA) is 57.6 Å². The van der Waals surface area contributed by atoms with Crippen LogP contribution >= 0.6 is 11.3 Å². The molecule has 0 bridgehead atoms. The summed E-state index contributed by atoms with van der Waals surface area (Å²) in [5.41, 5.74) is 2.68. The third-order valence-corrected chi connectivity index (χ3v) is 6.23. The van der Waals surface area contributed by atoms with Gasteiger partial charge in [0.05, 0.1) is 6.61 Å². The van der Waals surface area contributed by atoms with Crippen LogP contribution in [0.4, 0.5) is 0 Å². The van der Waals surface area contributed by atoms with E-state index in [1.165, 1.54) is 10.4 Å². The van der Waals surface area contributed by atoms with Crippen LogP contribution in [-0.4, -0.2) is 24.9 Å². The largest absolute Gasteiger partial charge is 0.392 e. The Kier molecular flexibility index (Phi) is 4.59. The first kappa shape index (κ1) is 15.2. The molecule has 108 valence electrons. The second-order valence-corrected chi connectivity index (χ2v) is 7.87. The van der Waals surface area contributed by atoms with Crippen molar-refractivity contribution in [3.05, 3.63) is 52.4 Å². The molecule has 2 rings (SSSR count). The summed E-state index contributed by atoms with van der Waals surface area (Å²) in [5.74, 6) is 0. The van der Waals surface area contributed by atoms with Gasteiger partial charge in [-0.2, -0.15) is 4.31 Å². The maximum absolute atomic E-state index is 12.4. The zero-order valence-corrected chi connectivity index (χ0v) is 13.0. The minimum absolute atomic E-state index is 0.145. The van der Waals surface area contributed by atoms with E-state index >= 15 is 0 Å². The molecule has 0 fully saturated rings. The van der Waals surface area contributed by atoms with Gasteiger partial charge < -0.3 is 5.11 Å². The standard InChI is InChI=1S/C14H17NO3S2/c1-11-4-3-5-12(6-11)8-15(2)20(17,18)14-7-13(9-16)10-19-14/h3-7,10,16H,8-9H2,1-2H3. The van der Waals surface area contributed by atoms with Gasteiger partial charge in [0.2, 0.25) is 0 Å². The number of nitrogens with zero attached hydrogens (tertiary/aromatic N) is 1. The lowest BCUT2D eigenvalue weighted by Crippen LogP contribution is -2.25. The molecule has 0 aliphatic heterocycles. The van der Waals surface area contributed by atoms with Crippen LogP contribution < -0.4 is 0 Å². The van der Waals surface area contributed by atoms with Crippen molar-refractivity contribution in [3.8, 4) is 0 Å². The molecular formula is C14H17NO3S2. The summed E-state index contributed by atoms with van der Waals surface area (Å²) in [6.07, 6.45) is 0. The van der Waals surface area contributed by atoms with Crippen molar-refractivity contribution >= 4 is 21.4 Å². The summed E-state index contributed by atoms with van der Waals surface area (Å²) < 4.78 is 26.4. The molecule has 0 saturated heterocycles. The van der Waals surface area contributed by atoms with Crippen LogP contribution in [0, 0.1) is 6.92 Å². The summed E-state index contributed by atoms with van der Waals surface area (Å²) in [7, 11) is -1.93. The first-order valence-corrected chi connectivity index (χ1v) is 8.45. The van der Waals surface area contributed by atoms with Crippen LogP contribution in [0.1, 0.15) is 16.7 Å². The van der Waals surface area contributed by atoms with Gasteiger partial charge in [0.15, 0.2) is 0 Å². The lowest BCUT2D eigenvalue weighted by molar-refractivity contribution is 0.282. The van der Waals surface area contributed by atoms with E-state index in [1.54, 1.807) is 12.4 Å². The van der Waals surface area contributed by atoms with Gasteiger partial charge >= 0.3 is 0 Å². The highest BCUT2D eigenvalue weighted by atomic mass is 32.2. The minimum atomic E-state index is -3.50. The fraction of sp³-hybridized carbons (Fsp3) is 0.286. The number of hydrogen-bond acceptors (Lipinski definition) is 4. The summed E-state index contributed by atoms with van der Waals surface area (Å²) in [6, 6.07) is 9.30. The molecule has 0 aliphatic carbocycles. The summed E-state index contributed by atoms with van der Waals surface area (Å²) >= 11 is 1.13. The number of aryl methyl sites for hydroxylation is 1. The van der Waals surface area contributed by atoms with Crippen molar-refractivity contribution in [2.24, 2.45) is 0 Å². The molecule has 1 aromatic carbocycles. The molecule has 20 heavy (non-hydrogen) atoms. The van der Waals surface area contributed by atoms with Crippen molar-refractivity contribution in [1.82, 2.24) is 4.31 Å². The highest BCUT2D eigenvalue weighted by Gasteiger charge is 2.22. The third kappa shape index (κ3) is 3.27. The van der Waals surface area contributed by atoms with E-state index in [4.69, 9.17) is 5.11 Å². The lowest BCUT2D eigenvalue weighted by atomic mass is 10.1. The quantitative estimate of drug-likeness (QED) is 0.922. The van der Waals surface area contributed by atoms with Gasteiger partial charge in [-0.05, 0) is 29.5 Å². The second kappa shape index (κ2) is 6.05. The van der Waals surface area contributed by atoms with Crippen molar-refractivity contribution in [2.75, 3.05) is 7.05 Å². The average molecular weight is 311 g/mol. The molecule has 1 heterocycles. The van der Waals surface area contributed by atoms with E-state index in [0.29, 0.717) is 12.1 Å². The van der Waals surface area contributed by atoms with Gasteiger partial charge in [-0.25, -0.2) is 8.42 Å². The second-order valence-electron chi connectivity index (χ2n) is 4.68. The van der Waals surface area contributed by atoms with E-state index in [9.17, 15) is 8.42 Å². The Balaban J connectivity index is 2.21. The fourth-order valence-corrected chi connectivity index (χ4v) is 4.45. The molecule has 4 nitrogen and oxygen atoms in total. The molecule has 0 radical (unpaired) electrons. The summed E-state index contributed by atoms with van der Waals surface area (Å²) in [6.45, 7) is 2.16. The maximum Gasteiger partial charge on any atom is 0.252 e. The molecule has 2 aromatic rings. The third-order valence-electron chi connectivity index (χ3n) is 2.96. The summed E-state index contributed by atoms with van der Waals surface area (Å²) in [4.78, 5) is 0. The van der Waals surface area contributed by atoms with Crippen LogP contribution in [0.3, 0.4) is 0 Å². The number of thiophene rings is 1. The summed E-state index contributed by atoms with van der Waals surface area (Å²) in [5, 5.41) is 10.7. The predicted molar refractivity (Wildman–Crippen MR) is 80.1 cm³/mol. The van der Waals surface area contributed by atoms with Gasteiger partial charge in [-0.1, -0.05) is 29.8 Å². The number of rotatable bonds is 5. The SMILES string of the molecule is Cc1cccc(CN(C)S(=O)(=O)c2cc(CO)cs2)c1. The average Bonchev–Trinajstić information content (AvgIpc) is 2.88. The number of benzene rings is 1. The van der Waals surface area contributed by atoms with Crippen molar-refractivity contribution < 1.29 is 13.5 Å². The predicted octanol–water partition coefficient (Wildman–Crippen LogP) is 2.37. The molecule has 0 amide bonds. The van der Waals surface area contributed by atoms with Crippen LogP contribution in [0.25, 0.3) is 0 Å². The zero-order chi connectivity index (χ0) is 14.8. The van der Waals surface area contributed by atoms with Gasteiger partial charge in [-0.3, -0.25) is 0 Å². The van der Waals surface area contributed by atoms with Gasteiger partial charge in [0.1, 0.15) is 4.21 Å². The normalized spacial score (nSPS) is 12.0. The van der Waals surface area contributed by atoms with E-state index in [0.717, 1.165) is 22.5 Å². The molecule has 1 N–H and O–H groups in total. The van der Waals surface area contributed by atoms with Crippen LogP contribution in [0.5, 0.6) is 0 Å². The fourth-order valence-electron chi connectivity index (χ4n) is 1.88. The molecule has 1 aromatic heterocycles. The zero-order valence-electron chi connectivity index (χ0n) is 11.4. The highest BCUT2D eigenvalue weighted by molar-refractivity contribution is 7.91.